The lowest BCUT2D eigenvalue weighted by molar-refractivity contribution is -0.130. The third-order valence-corrected chi connectivity index (χ3v) is 4.68. The van der Waals surface area contributed by atoms with Gasteiger partial charge in [0.05, 0.1) is 0 Å². The van der Waals surface area contributed by atoms with E-state index in [4.69, 9.17) is 5.73 Å². The number of carbonyl (C=O) groups excluding carboxylic acids is 1. The largest absolute Gasteiger partial charge is 0.370 e. The van der Waals surface area contributed by atoms with Crippen molar-refractivity contribution in [3.8, 4) is 0 Å². The average molecular weight is 308 g/mol. The zero-order valence-electron chi connectivity index (χ0n) is 12.5. The lowest BCUT2D eigenvalue weighted by atomic mass is 9.98. The number of hydrogen-bond donors (Lipinski definition) is 2. The van der Waals surface area contributed by atoms with E-state index in [0.717, 1.165) is 38.9 Å². The van der Waals surface area contributed by atoms with Gasteiger partial charge in [-0.05, 0) is 36.6 Å². The molecule has 0 bridgehead atoms. The second-order valence-corrected chi connectivity index (χ2v) is 6.49. The van der Waals surface area contributed by atoms with E-state index in [1.54, 1.807) is 18.3 Å². The smallest absolute Gasteiger partial charge is 0.219 e. The van der Waals surface area contributed by atoms with Crippen LogP contribution in [0.5, 0.6) is 0 Å². The number of amides is 1. The Morgan fingerprint density at radius 1 is 1.62 bits per heavy atom. The van der Waals surface area contributed by atoms with Crippen molar-refractivity contribution in [2.24, 2.45) is 16.6 Å². The Kier molecular flexibility index (Phi) is 6.04. The first-order valence-corrected chi connectivity index (χ1v) is 8.35. The maximum Gasteiger partial charge on any atom is 0.219 e. The molecule has 1 atom stereocenters. The number of guanidine groups is 1. The van der Waals surface area contributed by atoms with Crippen molar-refractivity contribution in [2.45, 2.75) is 26.2 Å². The van der Waals surface area contributed by atoms with Gasteiger partial charge < -0.3 is 16.0 Å². The molecule has 1 amide bonds. The van der Waals surface area contributed by atoms with E-state index >= 15 is 0 Å². The van der Waals surface area contributed by atoms with Crippen molar-refractivity contribution in [3.05, 3.63) is 22.4 Å². The minimum absolute atomic E-state index is 0.158. The second-order valence-electron chi connectivity index (χ2n) is 5.46. The Balaban J connectivity index is 1.68. The van der Waals surface area contributed by atoms with Gasteiger partial charge in [-0.15, -0.1) is 11.3 Å². The van der Waals surface area contributed by atoms with Crippen LogP contribution in [0.3, 0.4) is 0 Å². The van der Waals surface area contributed by atoms with Crippen LogP contribution < -0.4 is 11.1 Å². The van der Waals surface area contributed by atoms with Gasteiger partial charge >= 0.3 is 0 Å². The molecule has 2 heterocycles. The number of nitrogens with one attached hydrogen (secondary N) is 1. The molecule has 21 heavy (non-hydrogen) atoms. The number of aliphatic imine (C=N–C) groups is 1. The molecule has 0 aliphatic carbocycles. The van der Waals surface area contributed by atoms with Crippen LogP contribution >= 0.6 is 11.3 Å². The van der Waals surface area contributed by atoms with Crippen molar-refractivity contribution < 1.29 is 4.79 Å². The fraction of sp³-hybridized carbons (Fsp3) is 0.600. The second kappa shape index (κ2) is 8.02. The van der Waals surface area contributed by atoms with Crippen molar-refractivity contribution in [2.75, 3.05) is 26.2 Å². The van der Waals surface area contributed by atoms with Gasteiger partial charge in [-0.1, -0.05) is 6.07 Å². The molecule has 1 aliphatic rings. The van der Waals surface area contributed by atoms with Gasteiger partial charge in [0.1, 0.15) is 0 Å². The molecule has 1 aromatic heterocycles. The number of rotatable bonds is 5. The highest BCUT2D eigenvalue weighted by molar-refractivity contribution is 7.09. The number of thiophene rings is 1. The molecule has 6 heteroatoms. The molecule has 1 unspecified atom stereocenters. The quantitative estimate of drug-likeness (QED) is 0.639. The van der Waals surface area contributed by atoms with E-state index in [0.29, 0.717) is 18.4 Å². The molecule has 1 saturated heterocycles. The Bertz CT molecular complexity index is 472. The maximum atomic E-state index is 11.4. The third-order valence-electron chi connectivity index (χ3n) is 3.74. The molecular weight excluding hydrogens is 284 g/mol. The van der Waals surface area contributed by atoms with E-state index in [-0.39, 0.29) is 5.91 Å². The van der Waals surface area contributed by atoms with Gasteiger partial charge in [-0.25, -0.2) is 0 Å². The van der Waals surface area contributed by atoms with Crippen molar-refractivity contribution in [1.82, 2.24) is 10.2 Å². The zero-order valence-corrected chi connectivity index (χ0v) is 13.4. The summed E-state index contributed by atoms with van der Waals surface area (Å²) in [5.74, 6) is 1.09. The van der Waals surface area contributed by atoms with Crippen molar-refractivity contribution in [3.63, 3.8) is 0 Å². The first kappa shape index (κ1) is 15.8. The SMILES string of the molecule is CC(=O)N1CCCC(CN=C(N)NCCc2cccs2)C1. The molecule has 3 N–H and O–H groups in total. The molecule has 1 aromatic rings. The minimum Gasteiger partial charge on any atom is -0.370 e. The van der Waals surface area contributed by atoms with E-state index < -0.39 is 0 Å². The Hall–Kier alpha value is -1.56. The molecular formula is C15H24N4OS. The molecule has 1 aliphatic heterocycles. The predicted molar refractivity (Wildman–Crippen MR) is 87.5 cm³/mol. The van der Waals surface area contributed by atoms with Crippen molar-refractivity contribution >= 4 is 23.2 Å². The zero-order chi connectivity index (χ0) is 15.1. The van der Waals surface area contributed by atoms with Crippen LogP contribution in [0.25, 0.3) is 0 Å². The Morgan fingerprint density at radius 2 is 2.48 bits per heavy atom. The van der Waals surface area contributed by atoms with E-state index in [2.05, 4.69) is 27.8 Å². The molecule has 0 spiro atoms. The fourth-order valence-corrected chi connectivity index (χ4v) is 3.26. The van der Waals surface area contributed by atoms with Crippen LogP contribution in [0.2, 0.25) is 0 Å². The summed E-state index contributed by atoms with van der Waals surface area (Å²) in [4.78, 5) is 19.1. The summed E-state index contributed by atoms with van der Waals surface area (Å²) in [5, 5.41) is 5.23. The molecule has 2 rings (SSSR count). The normalized spacial score (nSPS) is 19.6. The van der Waals surface area contributed by atoms with E-state index in [9.17, 15) is 4.79 Å². The van der Waals surface area contributed by atoms with Gasteiger partial charge in [-0.3, -0.25) is 9.79 Å². The monoisotopic (exact) mass is 308 g/mol. The molecule has 0 saturated carbocycles. The first-order chi connectivity index (χ1) is 10.1. The van der Waals surface area contributed by atoms with Crippen molar-refractivity contribution in [1.29, 1.82) is 0 Å². The van der Waals surface area contributed by atoms with Gasteiger partial charge in [0.2, 0.25) is 5.91 Å². The number of carbonyl (C=O) groups is 1. The predicted octanol–water partition coefficient (Wildman–Crippen LogP) is 1.45. The van der Waals surface area contributed by atoms with Crippen LogP contribution in [-0.4, -0.2) is 42.9 Å². The van der Waals surface area contributed by atoms with Crippen LogP contribution in [-0.2, 0) is 11.2 Å². The topological polar surface area (TPSA) is 70.7 Å². The third kappa shape index (κ3) is 5.38. The highest BCUT2D eigenvalue weighted by atomic mass is 32.1. The van der Waals surface area contributed by atoms with Gasteiger partial charge in [0.25, 0.3) is 0 Å². The lowest BCUT2D eigenvalue weighted by Crippen LogP contribution is -2.40. The van der Waals surface area contributed by atoms with Crippen LogP contribution in [0.4, 0.5) is 0 Å². The minimum atomic E-state index is 0.158. The van der Waals surface area contributed by atoms with Gasteiger partial charge in [0.15, 0.2) is 5.96 Å². The fourth-order valence-electron chi connectivity index (χ4n) is 2.55. The van der Waals surface area contributed by atoms with Crippen LogP contribution in [0, 0.1) is 5.92 Å². The maximum absolute atomic E-state index is 11.4. The standard InChI is InChI=1S/C15H24N4OS/c1-12(20)19-8-2-4-13(11-19)10-18-15(16)17-7-6-14-5-3-9-21-14/h3,5,9,13H,2,4,6-8,10-11H2,1H3,(H3,16,17,18). The van der Waals surface area contributed by atoms with E-state index in [1.807, 2.05) is 4.90 Å². The highest BCUT2D eigenvalue weighted by Crippen LogP contribution is 2.16. The molecule has 116 valence electrons. The Morgan fingerprint density at radius 3 is 3.19 bits per heavy atom. The summed E-state index contributed by atoms with van der Waals surface area (Å²) in [6.07, 6.45) is 3.15. The highest BCUT2D eigenvalue weighted by Gasteiger charge is 2.21. The number of piperidine rings is 1. The van der Waals surface area contributed by atoms with Gasteiger partial charge in [0, 0.05) is 38.0 Å². The summed E-state index contributed by atoms with van der Waals surface area (Å²) >= 11 is 1.76. The number of likely N-dealkylation sites (tertiary alicyclic amines) is 1. The summed E-state index contributed by atoms with van der Waals surface area (Å²) in [6.45, 7) is 4.82. The summed E-state index contributed by atoms with van der Waals surface area (Å²) in [6, 6.07) is 4.18. The summed E-state index contributed by atoms with van der Waals surface area (Å²) in [7, 11) is 0. The first-order valence-electron chi connectivity index (χ1n) is 7.47. The number of nitrogens with zero attached hydrogens (tertiary/aromatic N) is 2. The van der Waals surface area contributed by atoms with Crippen LogP contribution in [0.15, 0.2) is 22.5 Å². The lowest BCUT2D eigenvalue weighted by Gasteiger charge is -2.31. The summed E-state index contributed by atoms with van der Waals surface area (Å²) < 4.78 is 0. The molecule has 0 aromatic carbocycles. The van der Waals surface area contributed by atoms with Gasteiger partial charge in [-0.2, -0.15) is 0 Å². The van der Waals surface area contributed by atoms with E-state index in [1.165, 1.54) is 4.88 Å². The Labute approximate surface area is 130 Å². The number of hydrogen-bond acceptors (Lipinski definition) is 3. The summed E-state index contributed by atoms with van der Waals surface area (Å²) in [5.41, 5.74) is 5.89. The molecule has 0 radical (unpaired) electrons. The van der Waals surface area contributed by atoms with Crippen LogP contribution in [0.1, 0.15) is 24.6 Å². The molecule has 5 nitrogen and oxygen atoms in total. The number of nitrogens with two attached hydrogens (primary N) is 1. The average Bonchev–Trinajstić information content (AvgIpc) is 2.99. The molecule has 1 fully saturated rings.